The van der Waals surface area contributed by atoms with Crippen LogP contribution in [0.5, 0.6) is 0 Å². The Labute approximate surface area is 162 Å². The second-order valence-electron chi connectivity index (χ2n) is 6.29. The van der Waals surface area contributed by atoms with E-state index in [1.165, 1.54) is 5.56 Å². The van der Waals surface area contributed by atoms with E-state index in [9.17, 15) is 0 Å². The maximum atomic E-state index is 6.32. The van der Waals surface area contributed by atoms with Crippen LogP contribution in [0.3, 0.4) is 0 Å². The topological polar surface area (TPSA) is 41.6 Å². The van der Waals surface area contributed by atoms with Gasteiger partial charge in [0.1, 0.15) is 5.65 Å². The predicted molar refractivity (Wildman–Crippen MR) is 107 cm³/mol. The van der Waals surface area contributed by atoms with Crippen LogP contribution < -0.4 is 0 Å². The molecule has 0 aliphatic carbocycles. The summed E-state index contributed by atoms with van der Waals surface area (Å²) in [7, 11) is 0. The molecule has 0 aliphatic rings. The fraction of sp³-hybridized carbons (Fsp3) is 0.143. The lowest BCUT2D eigenvalue weighted by Crippen LogP contribution is -1.96. The molecule has 0 bridgehead atoms. The van der Waals surface area contributed by atoms with Crippen LogP contribution in [0, 0.1) is 0 Å². The van der Waals surface area contributed by atoms with Gasteiger partial charge in [0.2, 0.25) is 0 Å². The molecule has 0 atom stereocenters. The van der Waals surface area contributed by atoms with Crippen molar-refractivity contribution in [3.63, 3.8) is 0 Å². The van der Waals surface area contributed by atoms with Crippen LogP contribution in [-0.4, -0.2) is 15.0 Å². The average Bonchev–Trinajstić information content (AvgIpc) is 3.07. The first-order chi connectivity index (χ1) is 12.7. The zero-order valence-corrected chi connectivity index (χ0v) is 15.6. The molecule has 1 aromatic carbocycles. The highest BCUT2D eigenvalue weighted by molar-refractivity contribution is 6.35. The quantitative estimate of drug-likeness (QED) is 0.485. The third-order valence-electron chi connectivity index (χ3n) is 4.47. The Hall–Kier alpha value is -2.36. The van der Waals surface area contributed by atoms with E-state index in [2.05, 4.69) is 39.2 Å². The Morgan fingerprint density at radius 3 is 2.42 bits per heavy atom. The molecule has 3 aromatic heterocycles. The van der Waals surface area contributed by atoms with Gasteiger partial charge in [-0.05, 0) is 53.8 Å². The maximum Gasteiger partial charge on any atom is 0.139 e. The van der Waals surface area contributed by atoms with E-state index in [1.54, 1.807) is 6.20 Å². The number of hydrogen-bond donors (Lipinski definition) is 1. The van der Waals surface area contributed by atoms with Crippen molar-refractivity contribution in [2.45, 2.75) is 19.3 Å². The van der Waals surface area contributed by atoms with Crippen LogP contribution in [0.4, 0.5) is 0 Å². The van der Waals surface area contributed by atoms with Crippen molar-refractivity contribution in [2.24, 2.45) is 0 Å². The van der Waals surface area contributed by atoms with Gasteiger partial charge in [-0.1, -0.05) is 41.4 Å². The van der Waals surface area contributed by atoms with Gasteiger partial charge in [0.25, 0.3) is 0 Å². The monoisotopic (exact) mass is 381 g/mol. The molecular weight excluding hydrogens is 365 g/mol. The van der Waals surface area contributed by atoms with Crippen molar-refractivity contribution in [1.82, 2.24) is 15.0 Å². The number of hydrogen-bond acceptors (Lipinski definition) is 2. The summed E-state index contributed by atoms with van der Waals surface area (Å²) in [5.41, 5.74) is 5.46. The molecule has 0 saturated carbocycles. The number of fused-ring (bicyclic) bond motifs is 1. The van der Waals surface area contributed by atoms with Gasteiger partial charge < -0.3 is 4.98 Å². The molecule has 0 radical (unpaired) electrons. The van der Waals surface area contributed by atoms with Crippen LogP contribution in [0.1, 0.15) is 22.4 Å². The van der Waals surface area contributed by atoms with Gasteiger partial charge in [-0.2, -0.15) is 0 Å². The highest BCUT2D eigenvalue weighted by Crippen LogP contribution is 2.26. The second-order valence-corrected chi connectivity index (χ2v) is 7.13. The third-order valence-corrected chi connectivity index (χ3v) is 5.03. The summed E-state index contributed by atoms with van der Waals surface area (Å²) in [5.74, 6) is 0. The van der Waals surface area contributed by atoms with Crippen LogP contribution >= 0.6 is 23.2 Å². The fourth-order valence-electron chi connectivity index (χ4n) is 3.07. The molecule has 5 heteroatoms. The summed E-state index contributed by atoms with van der Waals surface area (Å²) in [4.78, 5) is 12.1. The Bertz CT molecular complexity index is 1020. The summed E-state index contributed by atoms with van der Waals surface area (Å²) in [6.45, 7) is 0. The van der Waals surface area contributed by atoms with E-state index >= 15 is 0 Å². The maximum absolute atomic E-state index is 6.32. The lowest BCUT2D eigenvalue weighted by atomic mass is 10.0. The molecule has 4 rings (SSSR count). The Balaban J connectivity index is 1.45. The SMILES string of the molecule is Clc1ccc(CCc2ccc(Cc3c[nH]c4nccc(Cl)c34)cn2)cc1. The molecule has 0 saturated heterocycles. The molecule has 0 amide bonds. The summed E-state index contributed by atoms with van der Waals surface area (Å²) in [6.07, 6.45) is 8.26. The zero-order valence-electron chi connectivity index (χ0n) is 14.0. The molecule has 0 aliphatic heterocycles. The summed E-state index contributed by atoms with van der Waals surface area (Å²) in [6, 6.07) is 14.0. The largest absolute Gasteiger partial charge is 0.346 e. The normalized spacial score (nSPS) is 11.2. The first-order valence-electron chi connectivity index (χ1n) is 8.48. The van der Waals surface area contributed by atoms with Gasteiger partial charge in [-0.3, -0.25) is 4.98 Å². The molecule has 3 heterocycles. The summed E-state index contributed by atoms with van der Waals surface area (Å²) in [5, 5.41) is 2.48. The van der Waals surface area contributed by atoms with E-state index in [4.69, 9.17) is 23.2 Å². The highest BCUT2D eigenvalue weighted by atomic mass is 35.5. The average molecular weight is 382 g/mol. The van der Waals surface area contributed by atoms with E-state index in [0.717, 1.165) is 57.2 Å². The molecule has 0 spiro atoms. The first kappa shape index (κ1) is 17.1. The van der Waals surface area contributed by atoms with Gasteiger partial charge in [0.05, 0.1) is 5.02 Å². The Kier molecular flexibility index (Phi) is 4.91. The standard InChI is InChI=1S/C21H17Cl2N3/c22-17-5-1-14(2-6-17)3-7-18-8-4-15(12-25-18)11-16-13-26-21-20(16)19(23)9-10-24-21/h1-2,4-6,8-10,12-13H,3,7,11H2,(H,24,26). The zero-order chi connectivity index (χ0) is 17.9. The molecule has 0 unspecified atom stereocenters. The van der Waals surface area contributed by atoms with E-state index in [1.807, 2.05) is 30.6 Å². The molecule has 26 heavy (non-hydrogen) atoms. The second kappa shape index (κ2) is 7.48. The number of aryl methyl sites for hydroxylation is 2. The Morgan fingerprint density at radius 2 is 1.65 bits per heavy atom. The molecule has 130 valence electrons. The van der Waals surface area contributed by atoms with E-state index < -0.39 is 0 Å². The number of aromatic nitrogens is 3. The lowest BCUT2D eigenvalue weighted by molar-refractivity contribution is 0.908. The summed E-state index contributed by atoms with van der Waals surface area (Å²) >= 11 is 12.2. The van der Waals surface area contributed by atoms with Crippen molar-refractivity contribution in [2.75, 3.05) is 0 Å². The van der Waals surface area contributed by atoms with Crippen molar-refractivity contribution in [3.8, 4) is 0 Å². The smallest absolute Gasteiger partial charge is 0.139 e. The number of nitrogens with zero attached hydrogens (tertiary/aromatic N) is 2. The number of halogens is 2. The van der Waals surface area contributed by atoms with E-state index in [-0.39, 0.29) is 0 Å². The van der Waals surface area contributed by atoms with Gasteiger partial charge in [0, 0.05) is 41.1 Å². The number of aromatic amines is 1. The molecule has 0 fully saturated rings. The number of nitrogens with one attached hydrogen (secondary N) is 1. The third kappa shape index (κ3) is 3.74. The summed E-state index contributed by atoms with van der Waals surface area (Å²) < 4.78 is 0. The number of H-pyrrole nitrogens is 1. The van der Waals surface area contributed by atoms with Gasteiger partial charge in [-0.15, -0.1) is 0 Å². The van der Waals surface area contributed by atoms with Crippen molar-refractivity contribution < 1.29 is 0 Å². The van der Waals surface area contributed by atoms with E-state index in [0.29, 0.717) is 0 Å². The van der Waals surface area contributed by atoms with Crippen LogP contribution in [0.25, 0.3) is 11.0 Å². The minimum Gasteiger partial charge on any atom is -0.346 e. The minimum atomic E-state index is 0.721. The van der Waals surface area contributed by atoms with Gasteiger partial charge in [0.15, 0.2) is 0 Å². The van der Waals surface area contributed by atoms with Gasteiger partial charge in [-0.25, -0.2) is 4.98 Å². The lowest BCUT2D eigenvalue weighted by Gasteiger charge is -2.05. The molecule has 1 N–H and O–H groups in total. The number of pyridine rings is 2. The number of rotatable bonds is 5. The predicted octanol–water partition coefficient (Wildman–Crippen LogP) is 5.64. The van der Waals surface area contributed by atoms with Crippen molar-refractivity contribution >= 4 is 34.2 Å². The Morgan fingerprint density at radius 1 is 0.846 bits per heavy atom. The van der Waals surface area contributed by atoms with Gasteiger partial charge >= 0.3 is 0 Å². The van der Waals surface area contributed by atoms with Crippen LogP contribution in [-0.2, 0) is 19.3 Å². The molecule has 4 aromatic rings. The molecular formula is C21H17Cl2N3. The van der Waals surface area contributed by atoms with Crippen molar-refractivity contribution in [1.29, 1.82) is 0 Å². The molecule has 3 nitrogen and oxygen atoms in total. The highest BCUT2D eigenvalue weighted by Gasteiger charge is 2.09. The fourth-order valence-corrected chi connectivity index (χ4v) is 3.46. The van der Waals surface area contributed by atoms with Crippen LogP contribution in [0.15, 0.2) is 61.1 Å². The van der Waals surface area contributed by atoms with Crippen molar-refractivity contribution in [3.05, 3.63) is 93.5 Å². The minimum absolute atomic E-state index is 0.721. The van der Waals surface area contributed by atoms with Crippen LogP contribution in [0.2, 0.25) is 10.0 Å². The number of benzene rings is 1. The first-order valence-corrected chi connectivity index (χ1v) is 9.23.